The number of ketones is 1. The zero-order chi connectivity index (χ0) is 17.3. The van der Waals surface area contributed by atoms with Crippen LogP contribution in [0.5, 0.6) is 11.5 Å². The maximum atomic E-state index is 11.9. The van der Waals surface area contributed by atoms with Crippen LogP contribution < -0.4 is 9.16 Å². The number of allylic oxidation sites excluding steroid dienone is 2. The Morgan fingerprint density at radius 3 is 2.57 bits per heavy atom. The van der Waals surface area contributed by atoms with Crippen molar-refractivity contribution in [2.24, 2.45) is 0 Å². The van der Waals surface area contributed by atoms with Gasteiger partial charge < -0.3 is 9.16 Å². The molecule has 0 heterocycles. The molecule has 3 nitrogen and oxygen atoms in total. The van der Waals surface area contributed by atoms with Gasteiger partial charge in [0, 0.05) is 6.42 Å². The minimum atomic E-state index is -1.66. The Morgan fingerprint density at radius 2 is 1.96 bits per heavy atom. The largest absolute Gasteiger partial charge is 0.542 e. The summed E-state index contributed by atoms with van der Waals surface area (Å²) < 4.78 is 11.4. The van der Waals surface area contributed by atoms with Crippen LogP contribution in [0.15, 0.2) is 30.4 Å². The first-order valence-corrected chi connectivity index (χ1v) is 11.8. The van der Waals surface area contributed by atoms with Crippen molar-refractivity contribution in [3.63, 3.8) is 0 Å². The third-order valence-electron chi connectivity index (χ3n) is 3.33. The lowest BCUT2D eigenvalue weighted by Gasteiger charge is -2.21. The average molecular weight is 335 g/mol. The van der Waals surface area contributed by atoms with E-state index in [1.165, 1.54) is 0 Å². The predicted molar refractivity (Wildman–Crippen MR) is 99.0 cm³/mol. The molecule has 0 aromatic heterocycles. The molecule has 0 fully saturated rings. The van der Waals surface area contributed by atoms with Crippen LogP contribution in [0.1, 0.15) is 38.2 Å². The van der Waals surface area contributed by atoms with Crippen molar-refractivity contribution in [3.05, 3.63) is 35.9 Å². The summed E-state index contributed by atoms with van der Waals surface area (Å²) in [6.07, 6.45) is 8.23. The summed E-state index contributed by atoms with van der Waals surface area (Å²) in [7, 11) is -0.0140. The van der Waals surface area contributed by atoms with E-state index in [0.717, 1.165) is 42.7 Å². The fourth-order valence-corrected chi connectivity index (χ4v) is 3.00. The number of ether oxygens (including phenoxy) is 1. The molecule has 4 heteroatoms. The monoisotopic (exact) mass is 334 g/mol. The van der Waals surface area contributed by atoms with Crippen LogP contribution in [0, 0.1) is 0 Å². The van der Waals surface area contributed by atoms with Gasteiger partial charge in [-0.1, -0.05) is 31.9 Å². The fraction of sp³-hybridized carbons (Fsp3) is 0.526. The standard InChI is InChI=1S/C19H30O3Si/c1-6-7-8-9-10-17(20)13-11-16-12-14-18(19(15-16)21-2)22-23(3,4)5/h9-10,12,14-15H,6-8,11,13H2,1-5H3/b10-9+. The molecule has 128 valence electrons. The van der Waals surface area contributed by atoms with Crippen molar-refractivity contribution >= 4 is 14.1 Å². The van der Waals surface area contributed by atoms with Gasteiger partial charge in [-0.05, 0) is 56.3 Å². The highest BCUT2D eigenvalue weighted by Crippen LogP contribution is 2.30. The van der Waals surface area contributed by atoms with E-state index >= 15 is 0 Å². The van der Waals surface area contributed by atoms with Crippen LogP contribution in [-0.4, -0.2) is 21.2 Å². The average Bonchev–Trinajstić information content (AvgIpc) is 2.49. The Bertz CT molecular complexity index is 530. The number of benzene rings is 1. The van der Waals surface area contributed by atoms with E-state index in [0.29, 0.717) is 6.42 Å². The van der Waals surface area contributed by atoms with Crippen molar-refractivity contribution < 1.29 is 14.0 Å². The first-order valence-electron chi connectivity index (χ1n) is 8.41. The summed E-state index contributed by atoms with van der Waals surface area (Å²) in [4.78, 5) is 11.9. The maximum Gasteiger partial charge on any atom is 0.242 e. The van der Waals surface area contributed by atoms with Gasteiger partial charge >= 0.3 is 0 Å². The van der Waals surface area contributed by atoms with Crippen LogP contribution in [0.2, 0.25) is 19.6 Å². The number of rotatable bonds is 10. The number of hydrogen-bond acceptors (Lipinski definition) is 3. The highest BCUT2D eigenvalue weighted by Gasteiger charge is 2.18. The molecule has 1 aromatic rings. The molecule has 0 aliphatic heterocycles. The number of carbonyl (C=O) groups excluding carboxylic acids is 1. The molecular weight excluding hydrogens is 304 g/mol. The van der Waals surface area contributed by atoms with E-state index in [1.54, 1.807) is 13.2 Å². The lowest BCUT2D eigenvalue weighted by molar-refractivity contribution is -0.114. The number of methoxy groups -OCH3 is 1. The molecule has 0 spiro atoms. The first-order chi connectivity index (χ1) is 10.9. The van der Waals surface area contributed by atoms with E-state index in [-0.39, 0.29) is 5.78 Å². The van der Waals surface area contributed by atoms with Gasteiger partial charge in [-0.15, -0.1) is 0 Å². The quantitative estimate of drug-likeness (QED) is 0.337. The third kappa shape index (κ3) is 8.02. The molecule has 1 rings (SSSR count). The Kier molecular flexibility index (Phi) is 8.10. The molecule has 0 unspecified atom stereocenters. The van der Waals surface area contributed by atoms with Crippen LogP contribution in [0.25, 0.3) is 0 Å². The second-order valence-corrected chi connectivity index (χ2v) is 11.1. The van der Waals surface area contributed by atoms with Crippen LogP contribution >= 0.6 is 0 Å². The summed E-state index contributed by atoms with van der Waals surface area (Å²) in [5.74, 6) is 1.72. The smallest absolute Gasteiger partial charge is 0.242 e. The Labute approximate surface area is 141 Å². The third-order valence-corrected chi connectivity index (χ3v) is 4.16. The molecule has 0 aliphatic rings. The van der Waals surface area contributed by atoms with Crippen molar-refractivity contribution in [2.75, 3.05) is 7.11 Å². The second-order valence-electron chi connectivity index (χ2n) is 6.71. The van der Waals surface area contributed by atoms with Gasteiger partial charge in [0.15, 0.2) is 11.5 Å². The van der Waals surface area contributed by atoms with E-state index in [9.17, 15) is 4.79 Å². The van der Waals surface area contributed by atoms with Gasteiger partial charge in [-0.25, -0.2) is 0 Å². The minimum absolute atomic E-state index is 0.183. The van der Waals surface area contributed by atoms with Crippen LogP contribution in [0.3, 0.4) is 0 Å². The Hall–Kier alpha value is -1.55. The molecule has 1 aromatic carbocycles. The molecule has 0 radical (unpaired) electrons. The van der Waals surface area contributed by atoms with Gasteiger partial charge in [0.2, 0.25) is 8.32 Å². The highest BCUT2D eigenvalue weighted by atomic mass is 28.4. The zero-order valence-electron chi connectivity index (χ0n) is 15.1. The van der Waals surface area contributed by atoms with Crippen molar-refractivity contribution in [1.82, 2.24) is 0 Å². The van der Waals surface area contributed by atoms with E-state index in [2.05, 4.69) is 26.6 Å². The van der Waals surface area contributed by atoms with Crippen molar-refractivity contribution in [2.45, 2.75) is 58.7 Å². The SMILES string of the molecule is CCCC/C=C/C(=O)CCc1ccc(O[Si](C)(C)C)c(OC)c1. The number of aryl methyl sites for hydroxylation is 1. The minimum Gasteiger partial charge on any atom is -0.542 e. The summed E-state index contributed by atoms with van der Waals surface area (Å²) >= 11 is 0. The fourth-order valence-electron chi connectivity index (χ4n) is 2.17. The number of unbranched alkanes of at least 4 members (excludes halogenated alkanes) is 2. The predicted octanol–water partition coefficient (Wildman–Crippen LogP) is 5.16. The molecule has 0 atom stereocenters. The summed E-state index contributed by atoms with van der Waals surface area (Å²) in [6.45, 7) is 8.58. The van der Waals surface area contributed by atoms with Crippen molar-refractivity contribution in [1.29, 1.82) is 0 Å². The first kappa shape index (κ1) is 19.5. The maximum absolute atomic E-state index is 11.9. The lowest BCUT2D eigenvalue weighted by Crippen LogP contribution is -2.29. The van der Waals surface area contributed by atoms with Gasteiger partial charge in [0.05, 0.1) is 7.11 Å². The molecule has 23 heavy (non-hydrogen) atoms. The highest BCUT2D eigenvalue weighted by molar-refractivity contribution is 6.70. The van der Waals surface area contributed by atoms with Crippen molar-refractivity contribution in [3.8, 4) is 11.5 Å². The molecule has 0 aliphatic carbocycles. The number of hydrogen-bond donors (Lipinski definition) is 0. The molecule has 0 N–H and O–H groups in total. The van der Waals surface area contributed by atoms with E-state index in [4.69, 9.17) is 9.16 Å². The molecule has 0 amide bonds. The molecule has 0 bridgehead atoms. The topological polar surface area (TPSA) is 35.5 Å². The number of carbonyl (C=O) groups is 1. The normalized spacial score (nSPS) is 11.7. The zero-order valence-corrected chi connectivity index (χ0v) is 16.1. The van der Waals surface area contributed by atoms with E-state index < -0.39 is 8.32 Å². The van der Waals surface area contributed by atoms with Gasteiger partial charge in [-0.3, -0.25) is 4.79 Å². The lowest BCUT2D eigenvalue weighted by atomic mass is 10.1. The van der Waals surface area contributed by atoms with Crippen LogP contribution in [0.4, 0.5) is 0 Å². The van der Waals surface area contributed by atoms with Gasteiger partial charge in [-0.2, -0.15) is 0 Å². The molecule has 0 saturated carbocycles. The van der Waals surface area contributed by atoms with Crippen LogP contribution in [-0.2, 0) is 11.2 Å². The molecule has 0 saturated heterocycles. The summed E-state index contributed by atoms with van der Waals surface area (Å²) in [5, 5.41) is 0. The Morgan fingerprint density at radius 1 is 1.22 bits per heavy atom. The van der Waals surface area contributed by atoms with Gasteiger partial charge in [0.1, 0.15) is 5.75 Å². The second kappa shape index (κ2) is 9.56. The van der Waals surface area contributed by atoms with Gasteiger partial charge in [0.25, 0.3) is 0 Å². The van der Waals surface area contributed by atoms with E-state index in [1.807, 2.05) is 24.3 Å². The molecular formula is C19H30O3Si. The summed E-state index contributed by atoms with van der Waals surface area (Å²) in [6, 6.07) is 5.95. The Balaban J connectivity index is 2.61. The summed E-state index contributed by atoms with van der Waals surface area (Å²) in [5.41, 5.74) is 1.10.